The zero-order valence-corrected chi connectivity index (χ0v) is 33.5. The third-order valence-electron chi connectivity index (χ3n) is 7.10. The molecule has 0 aliphatic carbocycles. The molecule has 0 spiro atoms. The van der Waals surface area contributed by atoms with Gasteiger partial charge in [0.05, 0.1) is 35.0 Å². The van der Waals surface area contributed by atoms with E-state index in [9.17, 15) is 47.6 Å². The Morgan fingerprint density at radius 3 is 2.05 bits per heavy atom. The Hall–Kier alpha value is -5.22. The first-order valence-corrected chi connectivity index (χ1v) is 22.3. The van der Waals surface area contributed by atoms with Crippen molar-refractivity contribution in [2.24, 2.45) is 16.0 Å². The first-order chi connectivity index (χ1) is 27.5. The maximum atomic E-state index is 12.7. The molecule has 31 heteroatoms. The molecular formula is C28H24ClN9O16S5. The molecule has 9 N–H and O–H groups in total. The number of benzene rings is 4. The molecule has 59 heavy (non-hydrogen) atoms. The van der Waals surface area contributed by atoms with Gasteiger partial charge in [-0.3, -0.25) is 13.7 Å². The summed E-state index contributed by atoms with van der Waals surface area (Å²) in [5, 5.41) is 26.8. The van der Waals surface area contributed by atoms with E-state index < -0.39 is 74.3 Å². The topological polar surface area (TPSA) is 388 Å². The van der Waals surface area contributed by atoms with Gasteiger partial charge in [0.15, 0.2) is 9.84 Å². The number of anilines is 5. The fraction of sp³-hybridized carbons (Fsp3) is 0.0714. The molecule has 0 saturated heterocycles. The number of nitrogens with zero attached hydrogens (tertiary/aromatic N) is 5. The molecule has 5 rings (SSSR count). The minimum absolute atomic E-state index is 0.0950. The molecule has 0 fully saturated rings. The molecule has 0 aliphatic heterocycles. The highest BCUT2D eigenvalue weighted by Crippen LogP contribution is 2.38. The number of hydrogen-bond donors (Lipinski definition) is 8. The van der Waals surface area contributed by atoms with Gasteiger partial charge in [-0.1, -0.05) is 11.1 Å². The van der Waals surface area contributed by atoms with Crippen molar-refractivity contribution in [2.45, 2.75) is 19.6 Å². The van der Waals surface area contributed by atoms with Crippen molar-refractivity contribution in [1.82, 2.24) is 15.0 Å². The van der Waals surface area contributed by atoms with Gasteiger partial charge in [0, 0.05) is 21.7 Å². The number of nitrogens with one attached hydrogen (secondary N) is 3. The van der Waals surface area contributed by atoms with Gasteiger partial charge in [0.25, 0.3) is 20.2 Å². The average Bonchev–Trinajstić information content (AvgIpc) is 3.11. The van der Waals surface area contributed by atoms with Crippen molar-refractivity contribution in [3.8, 4) is 0 Å². The van der Waals surface area contributed by atoms with Crippen LogP contribution in [-0.2, 0) is 54.0 Å². The number of rotatable bonds is 17. The Bertz CT molecular complexity index is 2940. The lowest BCUT2D eigenvalue weighted by molar-refractivity contribution is -0.432. The first kappa shape index (κ1) is 44.9. The molecule has 4 aromatic carbocycles. The van der Waals surface area contributed by atoms with Gasteiger partial charge in [0.2, 0.25) is 17.2 Å². The van der Waals surface area contributed by atoms with Crippen LogP contribution in [0.15, 0.2) is 96.5 Å². The number of nitrogens with two attached hydrogens (primary N) is 1. The zero-order valence-electron chi connectivity index (χ0n) is 28.7. The largest absolute Gasteiger partial charge is 0.397 e. The second kappa shape index (κ2) is 18.0. The Balaban J connectivity index is 1.45. The number of azo groups is 1. The molecule has 1 aromatic heterocycles. The van der Waals surface area contributed by atoms with E-state index in [1.54, 1.807) is 0 Å². The standard InChI is InChI=1S/C28H24ClN9O16S5/c29-25-34-27(31-15-2-1-3-18(10-15)56(41,42)7-6-52-59(49,50)51)36-28(35-25)32-16-4-5-20(21(11-16)33-26(30)39)37-38-22-13-19-14(9-24(22)58(46,47)48)8-17(55-54-53-40)12-23(19)57(43,44)45/h1-5,8-13,40H,6-7H2,(H3,30,33,39)(H,43,44,45)(H,46,47,48)(H,49,50,51)(H2,31,32,34,35,36)/b38-37+. The van der Waals surface area contributed by atoms with Crippen LogP contribution in [0.2, 0.25) is 5.28 Å². The Morgan fingerprint density at radius 1 is 0.797 bits per heavy atom. The summed E-state index contributed by atoms with van der Waals surface area (Å²) in [4.78, 5) is 22.0. The number of primary amides is 1. The number of urea groups is 1. The SMILES string of the molecule is NC(=O)Nc1cc(Nc2nc(Cl)nc(Nc3cccc(S(=O)(=O)CCOS(=O)(=O)O)c3)n2)ccc1/N=N/c1cc2c(S(=O)(=O)O)cc(SOOO)cc2cc1S(=O)(=O)O. The van der Waals surface area contributed by atoms with E-state index in [-0.39, 0.29) is 60.5 Å². The normalized spacial score (nSPS) is 12.5. The van der Waals surface area contributed by atoms with Crippen molar-refractivity contribution in [3.63, 3.8) is 0 Å². The summed E-state index contributed by atoms with van der Waals surface area (Å²) in [5.41, 5.74) is 4.68. The summed E-state index contributed by atoms with van der Waals surface area (Å²) >= 11 is 6.39. The number of aromatic nitrogens is 3. The molecule has 5 aromatic rings. The van der Waals surface area contributed by atoms with E-state index in [0.29, 0.717) is 12.0 Å². The molecule has 0 atom stereocenters. The molecular weight excluding hydrogens is 914 g/mol. The zero-order chi connectivity index (χ0) is 43.3. The van der Waals surface area contributed by atoms with Crippen LogP contribution in [0, 0.1) is 0 Å². The highest BCUT2D eigenvalue weighted by atomic mass is 35.5. The van der Waals surface area contributed by atoms with E-state index >= 15 is 0 Å². The lowest BCUT2D eigenvalue weighted by Gasteiger charge is -2.12. The molecule has 0 saturated carbocycles. The minimum atomic E-state index is -5.08. The quantitative estimate of drug-likeness (QED) is 0.0208. The van der Waals surface area contributed by atoms with Gasteiger partial charge in [0.1, 0.15) is 21.2 Å². The number of amides is 2. The maximum absolute atomic E-state index is 12.7. The Kier molecular flexibility index (Phi) is 13.7. The minimum Gasteiger partial charge on any atom is -0.351 e. The van der Waals surface area contributed by atoms with Crippen LogP contribution in [0.1, 0.15) is 0 Å². The van der Waals surface area contributed by atoms with Crippen LogP contribution in [0.25, 0.3) is 10.8 Å². The summed E-state index contributed by atoms with van der Waals surface area (Å²) in [6.45, 7) is -0.848. The highest BCUT2D eigenvalue weighted by molar-refractivity contribution is 7.94. The number of carbonyl (C=O) groups excluding carboxylic acids is 1. The smallest absolute Gasteiger partial charge is 0.351 e. The predicted molar refractivity (Wildman–Crippen MR) is 205 cm³/mol. The molecule has 0 radical (unpaired) electrons. The van der Waals surface area contributed by atoms with E-state index in [1.807, 2.05) is 0 Å². The predicted octanol–water partition coefficient (Wildman–Crippen LogP) is 4.59. The highest BCUT2D eigenvalue weighted by Gasteiger charge is 2.23. The summed E-state index contributed by atoms with van der Waals surface area (Å²) in [5.74, 6) is -1.18. The van der Waals surface area contributed by atoms with Crippen molar-refractivity contribution in [2.75, 3.05) is 28.3 Å². The summed E-state index contributed by atoms with van der Waals surface area (Å²) in [7, 11) is -19.0. The second-order valence-corrected chi connectivity index (χ2v) is 18.3. The van der Waals surface area contributed by atoms with Crippen LogP contribution < -0.4 is 21.7 Å². The van der Waals surface area contributed by atoms with Crippen LogP contribution in [0.5, 0.6) is 0 Å². The monoisotopic (exact) mass is 937 g/mol. The second-order valence-electron chi connectivity index (χ2n) is 11.2. The summed E-state index contributed by atoms with van der Waals surface area (Å²) in [6.07, 6.45) is 0. The summed E-state index contributed by atoms with van der Waals surface area (Å²) in [6, 6.07) is 11.7. The first-order valence-electron chi connectivity index (χ1n) is 15.2. The number of hydrogen-bond acceptors (Lipinski definition) is 21. The summed E-state index contributed by atoms with van der Waals surface area (Å²) < 4.78 is 133. The van der Waals surface area contributed by atoms with Crippen molar-refractivity contribution in [3.05, 3.63) is 72.0 Å². The third kappa shape index (κ3) is 12.4. The van der Waals surface area contributed by atoms with Crippen LogP contribution in [-0.4, -0.2) is 85.9 Å². The maximum Gasteiger partial charge on any atom is 0.397 e. The van der Waals surface area contributed by atoms with Gasteiger partial charge in [-0.2, -0.15) is 40.2 Å². The van der Waals surface area contributed by atoms with E-state index in [1.165, 1.54) is 48.5 Å². The Morgan fingerprint density at radius 2 is 1.44 bits per heavy atom. The van der Waals surface area contributed by atoms with Crippen LogP contribution in [0.4, 0.5) is 45.1 Å². The van der Waals surface area contributed by atoms with E-state index in [0.717, 1.165) is 18.2 Å². The van der Waals surface area contributed by atoms with Gasteiger partial charge in [-0.25, -0.2) is 22.7 Å². The van der Waals surface area contributed by atoms with Gasteiger partial charge >= 0.3 is 16.4 Å². The van der Waals surface area contributed by atoms with Crippen molar-refractivity contribution in [1.29, 1.82) is 0 Å². The fourth-order valence-electron chi connectivity index (χ4n) is 4.82. The van der Waals surface area contributed by atoms with Crippen molar-refractivity contribution >= 4 is 121 Å². The lowest BCUT2D eigenvalue weighted by Crippen LogP contribution is -2.19. The van der Waals surface area contributed by atoms with Gasteiger partial charge in [-0.15, -0.1) is 14.6 Å². The van der Waals surface area contributed by atoms with Gasteiger partial charge in [-0.05, 0) is 77.7 Å². The lowest BCUT2D eigenvalue weighted by atomic mass is 10.1. The Labute approximate surface area is 341 Å². The van der Waals surface area contributed by atoms with Crippen LogP contribution >= 0.6 is 23.6 Å². The molecule has 314 valence electrons. The molecule has 0 unspecified atom stereocenters. The fourth-order valence-corrected chi connectivity index (χ4v) is 8.40. The number of carbonyl (C=O) groups is 1. The third-order valence-corrected chi connectivity index (χ3v) is 11.7. The van der Waals surface area contributed by atoms with Gasteiger partial charge < -0.3 is 21.7 Å². The van der Waals surface area contributed by atoms with Crippen LogP contribution in [0.3, 0.4) is 0 Å². The molecule has 2 amide bonds. The molecule has 0 aliphatic rings. The number of fused-ring (bicyclic) bond motifs is 1. The van der Waals surface area contributed by atoms with E-state index in [4.69, 9.17) is 27.1 Å². The number of sulfone groups is 1. The number of halogens is 1. The van der Waals surface area contributed by atoms with E-state index in [2.05, 4.69) is 54.7 Å². The van der Waals surface area contributed by atoms with Crippen molar-refractivity contribution < 1.29 is 70.9 Å². The molecule has 1 heterocycles. The average molecular weight is 938 g/mol. The molecule has 25 nitrogen and oxygen atoms in total. The molecule has 0 bridgehead atoms.